The first-order chi connectivity index (χ1) is 9.78. The van der Waals surface area contributed by atoms with Gasteiger partial charge in [0.25, 0.3) is 0 Å². The van der Waals surface area contributed by atoms with Gasteiger partial charge in [-0.15, -0.1) is 12.4 Å². The van der Waals surface area contributed by atoms with Gasteiger partial charge in [-0.05, 0) is 55.7 Å². The number of rotatable bonds is 3. The second-order valence-corrected chi connectivity index (χ2v) is 6.25. The van der Waals surface area contributed by atoms with Crippen molar-refractivity contribution in [1.82, 2.24) is 5.32 Å². The second kappa shape index (κ2) is 7.28. The van der Waals surface area contributed by atoms with Crippen molar-refractivity contribution < 1.29 is 4.79 Å². The smallest absolute Gasteiger partial charge is 0.223 e. The highest BCUT2D eigenvalue weighted by Gasteiger charge is 2.33. The van der Waals surface area contributed by atoms with Crippen LogP contribution < -0.4 is 11.1 Å². The van der Waals surface area contributed by atoms with Crippen LogP contribution in [0, 0.1) is 11.8 Å². The van der Waals surface area contributed by atoms with E-state index in [-0.39, 0.29) is 24.2 Å². The summed E-state index contributed by atoms with van der Waals surface area (Å²) in [4.78, 5) is 12.4. The third kappa shape index (κ3) is 3.58. The molecule has 0 saturated heterocycles. The number of amides is 1. The van der Waals surface area contributed by atoms with Crippen LogP contribution in [0.2, 0.25) is 0 Å². The fraction of sp³-hybridized carbons (Fsp3) is 0.588. The summed E-state index contributed by atoms with van der Waals surface area (Å²) >= 11 is 0. The number of hydrogen-bond acceptors (Lipinski definition) is 2. The van der Waals surface area contributed by atoms with E-state index in [1.807, 2.05) is 0 Å². The first-order valence-electron chi connectivity index (χ1n) is 7.85. The Morgan fingerprint density at radius 3 is 2.71 bits per heavy atom. The summed E-state index contributed by atoms with van der Waals surface area (Å²) in [6.07, 6.45) is 6.38. The summed E-state index contributed by atoms with van der Waals surface area (Å²) in [7, 11) is 0. The summed E-state index contributed by atoms with van der Waals surface area (Å²) in [6, 6.07) is 8.88. The molecule has 1 aromatic rings. The third-order valence-corrected chi connectivity index (χ3v) is 4.99. The topological polar surface area (TPSA) is 55.1 Å². The number of fused-ring (bicyclic) bond motifs is 1. The monoisotopic (exact) mass is 308 g/mol. The zero-order valence-corrected chi connectivity index (χ0v) is 13.2. The van der Waals surface area contributed by atoms with E-state index in [1.165, 1.54) is 11.1 Å². The van der Waals surface area contributed by atoms with Gasteiger partial charge in [0.1, 0.15) is 0 Å². The molecule has 2 aliphatic rings. The van der Waals surface area contributed by atoms with Gasteiger partial charge in [0.2, 0.25) is 5.91 Å². The van der Waals surface area contributed by atoms with Crippen LogP contribution in [0.3, 0.4) is 0 Å². The number of aryl methyl sites for hydroxylation is 1. The molecule has 0 heterocycles. The molecule has 116 valence electrons. The molecule has 1 aromatic carbocycles. The molecule has 21 heavy (non-hydrogen) atoms. The van der Waals surface area contributed by atoms with Crippen LogP contribution in [0.15, 0.2) is 24.3 Å². The quantitative estimate of drug-likeness (QED) is 0.901. The van der Waals surface area contributed by atoms with Crippen molar-refractivity contribution in [2.24, 2.45) is 17.6 Å². The van der Waals surface area contributed by atoms with E-state index in [2.05, 4.69) is 29.6 Å². The maximum absolute atomic E-state index is 12.4. The Morgan fingerprint density at radius 1 is 1.19 bits per heavy atom. The molecule has 3 atom stereocenters. The highest BCUT2D eigenvalue weighted by atomic mass is 35.5. The van der Waals surface area contributed by atoms with Gasteiger partial charge in [0, 0.05) is 12.0 Å². The predicted octanol–water partition coefficient (Wildman–Crippen LogP) is 2.46. The second-order valence-electron chi connectivity index (χ2n) is 6.25. The van der Waals surface area contributed by atoms with Crippen LogP contribution in [0.5, 0.6) is 0 Å². The number of halogens is 1. The average Bonchev–Trinajstić information content (AvgIpc) is 2.95. The molecule has 0 bridgehead atoms. The Labute approximate surface area is 133 Å². The van der Waals surface area contributed by atoms with Crippen LogP contribution >= 0.6 is 12.4 Å². The molecule has 0 aromatic heterocycles. The molecule has 1 unspecified atom stereocenters. The van der Waals surface area contributed by atoms with Crippen molar-refractivity contribution >= 4 is 18.3 Å². The number of carbonyl (C=O) groups excluding carboxylic acids is 1. The van der Waals surface area contributed by atoms with Crippen LogP contribution in [0.1, 0.15) is 36.8 Å². The average molecular weight is 309 g/mol. The van der Waals surface area contributed by atoms with Crippen molar-refractivity contribution in [2.75, 3.05) is 6.54 Å². The van der Waals surface area contributed by atoms with Gasteiger partial charge >= 0.3 is 0 Å². The molecule has 1 fully saturated rings. The van der Waals surface area contributed by atoms with E-state index in [4.69, 9.17) is 5.73 Å². The zero-order chi connectivity index (χ0) is 13.9. The van der Waals surface area contributed by atoms with E-state index in [9.17, 15) is 4.79 Å². The minimum atomic E-state index is 0. The lowest BCUT2D eigenvalue weighted by atomic mass is 9.87. The maximum Gasteiger partial charge on any atom is 0.223 e. The van der Waals surface area contributed by atoms with E-state index in [0.717, 1.165) is 38.5 Å². The fourth-order valence-electron chi connectivity index (χ4n) is 3.79. The molecule has 0 radical (unpaired) electrons. The third-order valence-electron chi connectivity index (χ3n) is 4.99. The van der Waals surface area contributed by atoms with Crippen LogP contribution in [-0.2, 0) is 17.6 Å². The molecule has 4 heteroatoms. The molecule has 3 rings (SSSR count). The minimum Gasteiger partial charge on any atom is -0.353 e. The molecule has 1 amide bonds. The summed E-state index contributed by atoms with van der Waals surface area (Å²) < 4.78 is 0. The Bertz CT molecular complexity index is 491. The summed E-state index contributed by atoms with van der Waals surface area (Å²) in [5, 5.41) is 3.27. The van der Waals surface area contributed by atoms with E-state index in [0.29, 0.717) is 18.5 Å². The molecule has 0 spiro atoms. The predicted molar refractivity (Wildman–Crippen MR) is 87.5 cm³/mol. The van der Waals surface area contributed by atoms with E-state index in [1.54, 1.807) is 0 Å². The van der Waals surface area contributed by atoms with Crippen molar-refractivity contribution in [3.05, 3.63) is 35.4 Å². The normalized spacial score (nSPS) is 27.6. The standard InChI is InChI=1S/C17H24N2O.ClH/c18-11-14-6-3-7-16(14)17(20)19-15-9-8-12-4-1-2-5-13(12)10-15;/h1-2,4-5,14-16H,3,6-11,18H2,(H,19,20);1H/t14-,15?,16-;/m1./s1. The molecule has 0 aliphatic heterocycles. The number of hydrogen-bond donors (Lipinski definition) is 2. The van der Waals surface area contributed by atoms with Gasteiger partial charge in [0.05, 0.1) is 0 Å². The zero-order valence-electron chi connectivity index (χ0n) is 12.4. The van der Waals surface area contributed by atoms with Gasteiger partial charge in [-0.25, -0.2) is 0 Å². The minimum absolute atomic E-state index is 0. The highest BCUT2D eigenvalue weighted by Crippen LogP contribution is 2.31. The van der Waals surface area contributed by atoms with Crippen molar-refractivity contribution in [3.8, 4) is 0 Å². The van der Waals surface area contributed by atoms with Gasteiger partial charge in [0.15, 0.2) is 0 Å². The number of nitrogens with one attached hydrogen (secondary N) is 1. The lowest BCUT2D eigenvalue weighted by molar-refractivity contribution is -0.126. The SMILES string of the molecule is Cl.NC[C@H]1CCC[C@H]1C(=O)NC1CCc2ccccc2C1. The Kier molecular flexibility index (Phi) is 5.65. The van der Waals surface area contributed by atoms with E-state index >= 15 is 0 Å². The largest absolute Gasteiger partial charge is 0.353 e. The number of nitrogens with two attached hydrogens (primary N) is 1. The first kappa shape index (κ1) is 16.3. The molecule has 2 aliphatic carbocycles. The molecular weight excluding hydrogens is 284 g/mol. The van der Waals surface area contributed by atoms with Crippen LogP contribution in [-0.4, -0.2) is 18.5 Å². The van der Waals surface area contributed by atoms with Crippen molar-refractivity contribution in [2.45, 2.75) is 44.6 Å². The number of benzene rings is 1. The molecule has 3 N–H and O–H groups in total. The lowest BCUT2D eigenvalue weighted by Crippen LogP contribution is -2.43. The highest BCUT2D eigenvalue weighted by molar-refractivity contribution is 5.85. The van der Waals surface area contributed by atoms with Gasteiger partial charge in [-0.1, -0.05) is 30.7 Å². The van der Waals surface area contributed by atoms with Gasteiger partial charge in [-0.3, -0.25) is 4.79 Å². The van der Waals surface area contributed by atoms with Crippen molar-refractivity contribution in [3.63, 3.8) is 0 Å². The summed E-state index contributed by atoms with van der Waals surface area (Å²) in [6.45, 7) is 0.644. The lowest BCUT2D eigenvalue weighted by Gasteiger charge is -2.27. The Hall–Kier alpha value is -1.06. The fourth-order valence-corrected chi connectivity index (χ4v) is 3.79. The number of carbonyl (C=O) groups is 1. The first-order valence-corrected chi connectivity index (χ1v) is 7.85. The molecular formula is C17H25ClN2O. The van der Waals surface area contributed by atoms with Crippen LogP contribution in [0.25, 0.3) is 0 Å². The molecule has 3 nitrogen and oxygen atoms in total. The summed E-state index contributed by atoms with van der Waals surface area (Å²) in [5.74, 6) is 0.783. The summed E-state index contributed by atoms with van der Waals surface area (Å²) in [5.41, 5.74) is 8.62. The van der Waals surface area contributed by atoms with Gasteiger partial charge < -0.3 is 11.1 Å². The van der Waals surface area contributed by atoms with Crippen molar-refractivity contribution in [1.29, 1.82) is 0 Å². The Balaban J connectivity index is 0.00000161. The van der Waals surface area contributed by atoms with E-state index < -0.39 is 0 Å². The van der Waals surface area contributed by atoms with Crippen LogP contribution in [0.4, 0.5) is 0 Å². The Morgan fingerprint density at radius 2 is 1.95 bits per heavy atom. The maximum atomic E-state index is 12.4. The molecule has 1 saturated carbocycles. The van der Waals surface area contributed by atoms with Gasteiger partial charge in [-0.2, -0.15) is 0 Å².